The molecule has 3 fully saturated rings. The number of benzene rings is 1. The van der Waals surface area contributed by atoms with Crippen LogP contribution < -0.4 is 15.5 Å². The number of hydrogen-bond donors (Lipinski definition) is 2. The predicted octanol–water partition coefficient (Wildman–Crippen LogP) is 6.93. The molecule has 0 saturated carbocycles. The van der Waals surface area contributed by atoms with Crippen molar-refractivity contribution in [3.8, 4) is 0 Å². The first-order valence-corrected chi connectivity index (χ1v) is 17.5. The Morgan fingerprint density at radius 2 is 0.938 bits per heavy atom. The number of nitrogens with zero attached hydrogens (tertiary/aromatic N) is 7. The number of aromatic nitrogens is 3. The third kappa shape index (κ3) is 7.29. The fourth-order valence-corrected chi connectivity index (χ4v) is 9.24. The van der Waals surface area contributed by atoms with Gasteiger partial charge in [0.2, 0.25) is 17.8 Å². The number of nitrogens with one attached hydrogen (secondary N) is 2. The normalized spacial score (nSPS) is 26.2. The summed E-state index contributed by atoms with van der Waals surface area (Å²) >= 11 is 0. The summed E-state index contributed by atoms with van der Waals surface area (Å²) < 4.78 is 0. The second-order valence-corrected chi connectivity index (χ2v) is 18.3. The van der Waals surface area contributed by atoms with E-state index in [-0.39, 0.29) is 18.1 Å². The van der Waals surface area contributed by atoms with Crippen molar-refractivity contribution in [1.82, 2.24) is 30.1 Å². The van der Waals surface area contributed by atoms with Crippen molar-refractivity contribution < 1.29 is 15.6 Å². The van der Waals surface area contributed by atoms with E-state index in [1.807, 2.05) is 113 Å². The van der Waals surface area contributed by atoms with Crippen molar-refractivity contribution in [2.75, 3.05) is 15.5 Å². The van der Waals surface area contributed by atoms with Crippen LogP contribution in [0.3, 0.4) is 0 Å². The third-order valence-electron chi connectivity index (χ3n) is 10.7. The lowest BCUT2D eigenvalue weighted by Crippen LogP contribution is -2.67. The van der Waals surface area contributed by atoms with Gasteiger partial charge in [-0.05, 0) is 134 Å². The van der Waals surface area contributed by atoms with Crippen LogP contribution in [-0.4, -0.2) is 81.5 Å². The molecule has 3 saturated heterocycles. The molecule has 2 N–H and O–H groups in total. The molecule has 0 bridgehead atoms. The van der Waals surface area contributed by atoms with Gasteiger partial charge in [-0.15, -0.1) is 30.8 Å². The van der Waals surface area contributed by atoms with Crippen LogP contribution in [0.15, 0.2) is 30.3 Å². The largest absolute Gasteiger partial charge is 0.351 e. The molecule has 4 heterocycles. The maximum atomic E-state index is 13.5. The molecular formula is C36H58N9O3. The molecule has 1 aromatic carbocycles. The van der Waals surface area contributed by atoms with E-state index in [0.717, 1.165) is 5.69 Å². The molecular weight excluding hydrogens is 606 g/mol. The molecule has 3 radical (unpaired) electrons. The second-order valence-electron chi connectivity index (χ2n) is 18.3. The molecule has 0 atom stereocenters. The molecule has 0 unspecified atom stereocenters. The fraction of sp³-hybridized carbons (Fsp3) is 0.750. The molecule has 5 rings (SSSR count). The zero-order valence-corrected chi connectivity index (χ0v) is 31.2. The Kier molecular flexibility index (Phi) is 9.40. The average molecular weight is 665 g/mol. The lowest BCUT2D eigenvalue weighted by atomic mass is 9.75. The Hall–Kier alpha value is -2.61. The van der Waals surface area contributed by atoms with E-state index in [4.69, 9.17) is 15.0 Å². The van der Waals surface area contributed by atoms with Gasteiger partial charge in [0.05, 0.1) is 0 Å². The van der Waals surface area contributed by atoms with Crippen molar-refractivity contribution in [3.63, 3.8) is 0 Å². The maximum Gasteiger partial charge on any atom is 0.233 e. The van der Waals surface area contributed by atoms with Crippen LogP contribution in [-0.2, 0) is 15.6 Å². The van der Waals surface area contributed by atoms with E-state index < -0.39 is 33.2 Å². The lowest BCUT2D eigenvalue weighted by Gasteiger charge is -2.57. The molecule has 0 spiro atoms. The van der Waals surface area contributed by atoms with Gasteiger partial charge < -0.3 is 15.5 Å². The highest BCUT2D eigenvalue weighted by molar-refractivity contribution is 5.56. The standard InChI is InChI=1S/C36H58N9O3/c1-31(2)18-25(19-32(3,4)43(31)46)38-29-39-28(37-24-16-14-13-15-17-24)40-30(41-29)42(26-20-33(5,6)44(47)34(7,8)21-26)27-22-35(9,10)45(48)36(11,12)23-27/h13-17,25-27H,18-23H2,1-12H3,(H2,37,38,39,40,41). The van der Waals surface area contributed by atoms with Gasteiger partial charge in [0.1, 0.15) is 0 Å². The summed E-state index contributed by atoms with van der Waals surface area (Å²) in [5.74, 6) is 1.34. The minimum atomic E-state index is -0.627. The number of piperidine rings is 3. The molecule has 12 heteroatoms. The lowest BCUT2D eigenvalue weighted by molar-refractivity contribution is -0.294. The Morgan fingerprint density at radius 1 is 0.562 bits per heavy atom. The van der Waals surface area contributed by atoms with E-state index in [1.165, 1.54) is 15.2 Å². The average Bonchev–Trinajstić information content (AvgIpc) is 2.93. The van der Waals surface area contributed by atoms with Gasteiger partial charge in [0, 0.05) is 57.0 Å². The molecule has 12 nitrogen and oxygen atoms in total. The van der Waals surface area contributed by atoms with Gasteiger partial charge in [-0.3, -0.25) is 0 Å². The van der Waals surface area contributed by atoms with Crippen LogP contribution in [0.1, 0.15) is 122 Å². The van der Waals surface area contributed by atoms with Gasteiger partial charge in [0.15, 0.2) is 0 Å². The Morgan fingerprint density at radius 3 is 1.35 bits per heavy atom. The van der Waals surface area contributed by atoms with E-state index in [9.17, 15) is 15.6 Å². The molecule has 3 aliphatic heterocycles. The van der Waals surface area contributed by atoms with Crippen LogP contribution in [0.4, 0.5) is 23.5 Å². The number of anilines is 4. The quantitative estimate of drug-likeness (QED) is 0.323. The van der Waals surface area contributed by atoms with E-state index in [1.54, 1.807) is 0 Å². The molecule has 0 amide bonds. The molecule has 265 valence electrons. The summed E-state index contributed by atoms with van der Waals surface area (Å²) in [5, 5.41) is 50.9. The zero-order valence-electron chi connectivity index (χ0n) is 31.2. The molecule has 1 aromatic heterocycles. The minimum absolute atomic E-state index is 0.0448. The summed E-state index contributed by atoms with van der Waals surface area (Å²) in [4.78, 5) is 17.4. The van der Waals surface area contributed by atoms with Crippen LogP contribution in [0.25, 0.3) is 0 Å². The monoisotopic (exact) mass is 664 g/mol. The van der Waals surface area contributed by atoms with Crippen molar-refractivity contribution in [2.45, 2.75) is 173 Å². The van der Waals surface area contributed by atoms with E-state index in [0.29, 0.717) is 56.4 Å². The summed E-state index contributed by atoms with van der Waals surface area (Å²) in [6.45, 7) is 24.0. The molecule has 2 aromatic rings. The highest BCUT2D eigenvalue weighted by atomic mass is 16.5. The fourth-order valence-electron chi connectivity index (χ4n) is 9.24. The van der Waals surface area contributed by atoms with Crippen LogP contribution in [0.2, 0.25) is 0 Å². The van der Waals surface area contributed by atoms with E-state index >= 15 is 0 Å². The number of rotatable bonds is 7. The molecule has 48 heavy (non-hydrogen) atoms. The van der Waals surface area contributed by atoms with Gasteiger partial charge in [-0.1, -0.05) is 18.2 Å². The first-order chi connectivity index (χ1) is 21.9. The van der Waals surface area contributed by atoms with Gasteiger partial charge in [0.25, 0.3) is 0 Å². The van der Waals surface area contributed by atoms with Crippen molar-refractivity contribution >= 4 is 23.5 Å². The number of hydroxylamine groups is 6. The summed E-state index contributed by atoms with van der Waals surface area (Å²) in [6, 6.07) is 9.62. The van der Waals surface area contributed by atoms with Crippen LogP contribution in [0, 0.1) is 0 Å². The second kappa shape index (κ2) is 12.3. The van der Waals surface area contributed by atoms with Gasteiger partial charge in [-0.2, -0.15) is 15.0 Å². The topological polar surface area (TPSA) is 135 Å². The Balaban J connectivity index is 1.63. The molecule has 0 aliphatic carbocycles. The van der Waals surface area contributed by atoms with E-state index in [2.05, 4.69) is 15.5 Å². The van der Waals surface area contributed by atoms with Crippen LogP contribution in [0.5, 0.6) is 0 Å². The summed E-state index contributed by atoms with van der Waals surface area (Å²) in [6.07, 6.45) is 3.69. The molecule has 3 aliphatic rings. The zero-order chi connectivity index (χ0) is 35.7. The van der Waals surface area contributed by atoms with Crippen molar-refractivity contribution in [3.05, 3.63) is 30.3 Å². The number of para-hydroxylation sites is 1. The minimum Gasteiger partial charge on any atom is -0.351 e. The maximum absolute atomic E-state index is 13.5. The van der Waals surface area contributed by atoms with Crippen LogP contribution >= 0.6 is 0 Å². The van der Waals surface area contributed by atoms with Gasteiger partial charge in [-0.25, -0.2) is 0 Å². The van der Waals surface area contributed by atoms with Gasteiger partial charge >= 0.3 is 0 Å². The highest BCUT2D eigenvalue weighted by Crippen LogP contribution is 2.46. The SMILES string of the molecule is CC1(C)CC(Nc2nc(Nc3ccccc3)nc(N(C3CC(C)(C)N([O])C(C)(C)C3)C3CC(C)(C)N([O])C(C)(C)C3)n2)CC(C)(C)N1[O]. The Bertz CT molecular complexity index is 1350. The van der Waals surface area contributed by atoms with Crippen molar-refractivity contribution in [1.29, 1.82) is 0 Å². The summed E-state index contributed by atoms with van der Waals surface area (Å²) in [7, 11) is 0. The first-order valence-electron chi connectivity index (χ1n) is 17.5. The predicted molar refractivity (Wildman–Crippen MR) is 187 cm³/mol. The number of hydrogen-bond acceptors (Lipinski definition) is 9. The van der Waals surface area contributed by atoms with Crippen molar-refractivity contribution in [2.24, 2.45) is 0 Å². The smallest absolute Gasteiger partial charge is 0.233 e. The summed E-state index contributed by atoms with van der Waals surface area (Å²) in [5.41, 5.74) is -2.80. The third-order valence-corrected chi connectivity index (χ3v) is 10.7. The Labute approximate surface area is 287 Å². The highest BCUT2D eigenvalue weighted by Gasteiger charge is 2.53. The first kappa shape index (κ1) is 36.7.